The van der Waals surface area contributed by atoms with Crippen molar-refractivity contribution < 1.29 is 14.3 Å². The van der Waals surface area contributed by atoms with Crippen LogP contribution in [0.1, 0.15) is 28.4 Å². The standard InChI is InChI=1S/C21H22N4O3/c1-13-8-7-11-18(14(13)2)28-15(3)20(26)24-25-21(27)17-12-22-23-19(17)16-9-5-4-6-10-16/h4-12,15H,1-3H3,(H,22,23)(H,24,26)(H,25,27). The van der Waals surface area contributed by atoms with E-state index in [-0.39, 0.29) is 0 Å². The fraction of sp³-hybridized carbons (Fsp3) is 0.190. The first-order valence-electron chi connectivity index (χ1n) is 8.89. The number of rotatable bonds is 5. The summed E-state index contributed by atoms with van der Waals surface area (Å²) in [5, 5.41) is 6.74. The molecule has 0 aliphatic rings. The van der Waals surface area contributed by atoms with E-state index in [4.69, 9.17) is 4.74 Å². The monoisotopic (exact) mass is 378 g/mol. The maximum Gasteiger partial charge on any atom is 0.279 e. The van der Waals surface area contributed by atoms with Crippen LogP contribution < -0.4 is 15.6 Å². The molecule has 144 valence electrons. The third kappa shape index (κ3) is 4.20. The van der Waals surface area contributed by atoms with E-state index in [2.05, 4.69) is 21.0 Å². The van der Waals surface area contributed by atoms with Gasteiger partial charge in [0.15, 0.2) is 6.10 Å². The lowest BCUT2D eigenvalue weighted by atomic mass is 10.1. The number of benzene rings is 2. The van der Waals surface area contributed by atoms with Gasteiger partial charge in [0, 0.05) is 5.56 Å². The molecule has 0 radical (unpaired) electrons. The number of amides is 2. The minimum atomic E-state index is -0.779. The molecule has 1 aromatic heterocycles. The molecule has 1 atom stereocenters. The first-order valence-corrected chi connectivity index (χ1v) is 8.89. The number of carbonyl (C=O) groups excluding carboxylic acids is 2. The molecule has 3 N–H and O–H groups in total. The predicted octanol–water partition coefficient (Wildman–Crippen LogP) is 2.92. The van der Waals surface area contributed by atoms with Crippen molar-refractivity contribution in [1.82, 2.24) is 21.0 Å². The number of aryl methyl sites for hydroxylation is 1. The molecule has 0 fully saturated rings. The van der Waals surface area contributed by atoms with Gasteiger partial charge in [-0.2, -0.15) is 5.10 Å². The average Bonchev–Trinajstić information content (AvgIpc) is 3.20. The molecule has 0 spiro atoms. The number of carbonyl (C=O) groups is 2. The van der Waals surface area contributed by atoms with Crippen LogP contribution in [0.4, 0.5) is 0 Å². The lowest BCUT2D eigenvalue weighted by molar-refractivity contribution is -0.128. The molecule has 3 rings (SSSR count). The molecule has 0 aliphatic heterocycles. The third-order valence-electron chi connectivity index (χ3n) is 4.47. The number of nitrogens with one attached hydrogen (secondary N) is 3. The highest BCUT2D eigenvalue weighted by molar-refractivity contribution is 6.00. The molecule has 3 aromatic rings. The molecule has 0 saturated heterocycles. The lowest BCUT2D eigenvalue weighted by Crippen LogP contribution is -2.47. The summed E-state index contributed by atoms with van der Waals surface area (Å²) in [5.74, 6) is -0.297. The fourth-order valence-electron chi connectivity index (χ4n) is 2.67. The van der Waals surface area contributed by atoms with Crippen molar-refractivity contribution in [2.75, 3.05) is 0 Å². The fourth-order valence-corrected chi connectivity index (χ4v) is 2.67. The third-order valence-corrected chi connectivity index (χ3v) is 4.47. The smallest absolute Gasteiger partial charge is 0.279 e. The number of H-pyrrole nitrogens is 1. The van der Waals surface area contributed by atoms with E-state index in [0.29, 0.717) is 17.0 Å². The van der Waals surface area contributed by atoms with Crippen molar-refractivity contribution in [2.24, 2.45) is 0 Å². The molecule has 1 heterocycles. The summed E-state index contributed by atoms with van der Waals surface area (Å²) in [4.78, 5) is 24.8. The molecular formula is C21H22N4O3. The Balaban J connectivity index is 1.61. The van der Waals surface area contributed by atoms with E-state index in [1.807, 2.05) is 62.4 Å². The van der Waals surface area contributed by atoms with Crippen LogP contribution in [0.3, 0.4) is 0 Å². The van der Waals surface area contributed by atoms with Crippen molar-refractivity contribution in [3.8, 4) is 17.0 Å². The Morgan fingerprint density at radius 3 is 2.54 bits per heavy atom. The summed E-state index contributed by atoms with van der Waals surface area (Å²) in [5.41, 5.74) is 8.58. The topological polar surface area (TPSA) is 96.1 Å². The number of nitrogens with zero attached hydrogens (tertiary/aromatic N) is 1. The second kappa shape index (κ2) is 8.39. The van der Waals surface area contributed by atoms with Gasteiger partial charge in [0.1, 0.15) is 5.75 Å². The van der Waals surface area contributed by atoms with Crippen LogP contribution in [0.25, 0.3) is 11.3 Å². The number of hydrazine groups is 1. The van der Waals surface area contributed by atoms with Gasteiger partial charge in [0.25, 0.3) is 11.8 Å². The van der Waals surface area contributed by atoms with Crippen molar-refractivity contribution in [2.45, 2.75) is 26.9 Å². The Morgan fingerprint density at radius 1 is 1.04 bits per heavy atom. The Morgan fingerprint density at radius 2 is 1.79 bits per heavy atom. The average molecular weight is 378 g/mol. The van der Waals surface area contributed by atoms with E-state index >= 15 is 0 Å². The Kier molecular flexibility index (Phi) is 5.74. The van der Waals surface area contributed by atoms with Crippen LogP contribution in [0, 0.1) is 13.8 Å². The number of ether oxygens (including phenoxy) is 1. The second-order valence-electron chi connectivity index (χ2n) is 6.43. The SMILES string of the molecule is Cc1cccc(OC(C)C(=O)NNC(=O)c2cn[nH]c2-c2ccccc2)c1C. The minimum absolute atomic E-state index is 0.328. The Hall–Kier alpha value is -3.61. The zero-order valence-electron chi connectivity index (χ0n) is 15.9. The molecule has 28 heavy (non-hydrogen) atoms. The second-order valence-corrected chi connectivity index (χ2v) is 6.43. The van der Waals surface area contributed by atoms with Gasteiger partial charge in [-0.3, -0.25) is 25.5 Å². The normalized spacial score (nSPS) is 11.5. The molecule has 0 saturated carbocycles. The summed E-state index contributed by atoms with van der Waals surface area (Å²) < 4.78 is 5.72. The largest absolute Gasteiger partial charge is 0.481 e. The summed E-state index contributed by atoms with van der Waals surface area (Å²) in [6, 6.07) is 15.0. The van der Waals surface area contributed by atoms with E-state index < -0.39 is 17.9 Å². The van der Waals surface area contributed by atoms with Gasteiger partial charge >= 0.3 is 0 Å². The highest BCUT2D eigenvalue weighted by Crippen LogP contribution is 2.22. The highest BCUT2D eigenvalue weighted by Gasteiger charge is 2.19. The van der Waals surface area contributed by atoms with Crippen molar-refractivity contribution in [3.05, 3.63) is 71.4 Å². The van der Waals surface area contributed by atoms with Crippen molar-refractivity contribution in [3.63, 3.8) is 0 Å². The van der Waals surface area contributed by atoms with Crippen LogP contribution in [-0.4, -0.2) is 28.1 Å². The van der Waals surface area contributed by atoms with Crippen LogP contribution in [0.5, 0.6) is 5.75 Å². The molecular weight excluding hydrogens is 356 g/mol. The predicted molar refractivity (Wildman–Crippen MR) is 106 cm³/mol. The molecule has 7 heteroatoms. The summed E-state index contributed by atoms with van der Waals surface area (Å²) in [7, 11) is 0. The minimum Gasteiger partial charge on any atom is -0.481 e. The Labute approximate surface area is 163 Å². The number of aromatic nitrogens is 2. The van der Waals surface area contributed by atoms with Crippen LogP contribution in [0.15, 0.2) is 54.7 Å². The van der Waals surface area contributed by atoms with E-state index in [1.165, 1.54) is 6.20 Å². The number of hydrogen-bond donors (Lipinski definition) is 3. The molecule has 2 amide bonds. The van der Waals surface area contributed by atoms with Gasteiger partial charge in [0.2, 0.25) is 0 Å². The molecule has 0 bridgehead atoms. The van der Waals surface area contributed by atoms with Crippen LogP contribution >= 0.6 is 0 Å². The van der Waals surface area contributed by atoms with E-state index in [1.54, 1.807) is 6.92 Å². The quantitative estimate of drug-likeness (QED) is 0.595. The van der Waals surface area contributed by atoms with E-state index in [0.717, 1.165) is 16.7 Å². The molecule has 1 unspecified atom stereocenters. The number of aromatic amines is 1. The first kappa shape index (κ1) is 19.2. The summed E-state index contributed by atoms with van der Waals surface area (Å²) in [6.07, 6.45) is 0.638. The maximum absolute atomic E-state index is 12.5. The molecule has 2 aromatic carbocycles. The highest BCUT2D eigenvalue weighted by atomic mass is 16.5. The van der Waals surface area contributed by atoms with E-state index in [9.17, 15) is 9.59 Å². The van der Waals surface area contributed by atoms with Gasteiger partial charge in [-0.1, -0.05) is 42.5 Å². The summed E-state index contributed by atoms with van der Waals surface area (Å²) >= 11 is 0. The Bertz CT molecular complexity index is 982. The molecule has 7 nitrogen and oxygen atoms in total. The number of hydrogen-bond acceptors (Lipinski definition) is 4. The lowest BCUT2D eigenvalue weighted by Gasteiger charge is -2.17. The zero-order valence-corrected chi connectivity index (χ0v) is 15.9. The van der Waals surface area contributed by atoms with Crippen molar-refractivity contribution >= 4 is 11.8 Å². The van der Waals surface area contributed by atoms with Gasteiger partial charge in [-0.15, -0.1) is 0 Å². The maximum atomic E-state index is 12.5. The first-order chi connectivity index (χ1) is 13.5. The summed E-state index contributed by atoms with van der Waals surface area (Å²) in [6.45, 7) is 5.53. The van der Waals surface area contributed by atoms with Crippen LogP contribution in [-0.2, 0) is 4.79 Å². The van der Waals surface area contributed by atoms with Gasteiger partial charge in [0.05, 0.1) is 17.5 Å². The van der Waals surface area contributed by atoms with Crippen LogP contribution in [0.2, 0.25) is 0 Å². The van der Waals surface area contributed by atoms with Gasteiger partial charge in [-0.05, 0) is 38.0 Å². The van der Waals surface area contributed by atoms with Gasteiger partial charge < -0.3 is 4.74 Å². The molecule has 0 aliphatic carbocycles. The van der Waals surface area contributed by atoms with Gasteiger partial charge in [-0.25, -0.2) is 0 Å². The van der Waals surface area contributed by atoms with Crippen molar-refractivity contribution in [1.29, 1.82) is 0 Å². The zero-order chi connectivity index (χ0) is 20.1.